The lowest BCUT2D eigenvalue weighted by Gasteiger charge is -2.39. The number of likely N-dealkylation sites (tertiary alicyclic amines) is 1. The minimum atomic E-state index is 0.341. The molecule has 0 aromatic heterocycles. The highest BCUT2D eigenvalue weighted by Crippen LogP contribution is 2.34. The van der Waals surface area contributed by atoms with E-state index in [-0.39, 0.29) is 0 Å². The van der Waals surface area contributed by atoms with Crippen LogP contribution in [0.1, 0.15) is 65.7 Å². The Morgan fingerprint density at radius 2 is 1.74 bits per heavy atom. The van der Waals surface area contributed by atoms with Crippen molar-refractivity contribution in [2.45, 2.75) is 65.7 Å². The molecule has 0 spiro atoms. The van der Waals surface area contributed by atoms with Crippen molar-refractivity contribution in [1.29, 1.82) is 0 Å². The Bertz CT molecular complexity index is 297. The highest BCUT2D eigenvalue weighted by atomic mass is 16.1. The molecule has 0 N–H and O–H groups in total. The van der Waals surface area contributed by atoms with Crippen molar-refractivity contribution in [2.24, 2.45) is 17.3 Å². The monoisotopic (exact) mass is 265 g/mol. The van der Waals surface area contributed by atoms with E-state index in [1.807, 2.05) is 0 Å². The summed E-state index contributed by atoms with van der Waals surface area (Å²) >= 11 is 0. The van der Waals surface area contributed by atoms with Gasteiger partial charge in [0.2, 0.25) is 0 Å². The van der Waals surface area contributed by atoms with E-state index in [1.165, 1.54) is 38.8 Å². The zero-order valence-electron chi connectivity index (χ0n) is 13.1. The first kappa shape index (κ1) is 15.0. The lowest BCUT2D eigenvalue weighted by molar-refractivity contribution is -0.123. The molecule has 19 heavy (non-hydrogen) atoms. The summed E-state index contributed by atoms with van der Waals surface area (Å²) in [6.45, 7) is 10.5. The van der Waals surface area contributed by atoms with Crippen LogP contribution < -0.4 is 0 Å². The van der Waals surface area contributed by atoms with E-state index >= 15 is 0 Å². The van der Waals surface area contributed by atoms with E-state index < -0.39 is 0 Å². The minimum absolute atomic E-state index is 0.341. The number of rotatable bonds is 2. The number of piperidine rings is 1. The molecule has 1 aliphatic heterocycles. The molecule has 1 saturated carbocycles. The largest absolute Gasteiger partial charge is 0.303 e. The third-order valence-corrected chi connectivity index (χ3v) is 5.22. The van der Waals surface area contributed by atoms with Gasteiger partial charge >= 0.3 is 0 Å². The zero-order valence-corrected chi connectivity index (χ0v) is 13.1. The first-order valence-electron chi connectivity index (χ1n) is 8.22. The van der Waals surface area contributed by atoms with E-state index in [0.717, 1.165) is 31.7 Å². The molecule has 2 aliphatic rings. The van der Waals surface area contributed by atoms with Gasteiger partial charge in [-0.05, 0) is 50.1 Å². The molecule has 2 heteroatoms. The predicted molar refractivity (Wildman–Crippen MR) is 80.2 cm³/mol. The molecule has 2 rings (SSSR count). The topological polar surface area (TPSA) is 20.3 Å². The normalized spacial score (nSPS) is 28.4. The number of hydrogen-bond donors (Lipinski definition) is 0. The third kappa shape index (κ3) is 4.30. The molecule has 2 fully saturated rings. The molecule has 110 valence electrons. The van der Waals surface area contributed by atoms with Gasteiger partial charge in [0.15, 0.2) is 0 Å². The van der Waals surface area contributed by atoms with Crippen LogP contribution in [-0.2, 0) is 4.79 Å². The van der Waals surface area contributed by atoms with Crippen LogP contribution in [0, 0.1) is 17.3 Å². The van der Waals surface area contributed by atoms with E-state index in [4.69, 9.17) is 0 Å². The Kier molecular flexibility index (Phi) is 5.05. The highest BCUT2D eigenvalue weighted by molar-refractivity contribution is 5.81. The molecule has 1 atom stereocenters. The fourth-order valence-electron chi connectivity index (χ4n) is 3.72. The van der Waals surface area contributed by atoms with Gasteiger partial charge in [0.25, 0.3) is 0 Å². The molecule has 0 bridgehead atoms. The Labute approximate surface area is 118 Å². The van der Waals surface area contributed by atoms with Crippen LogP contribution in [0.2, 0.25) is 0 Å². The Morgan fingerprint density at radius 3 is 2.37 bits per heavy atom. The van der Waals surface area contributed by atoms with Crippen molar-refractivity contribution in [2.75, 3.05) is 19.6 Å². The smallest absolute Gasteiger partial charge is 0.137 e. The average Bonchev–Trinajstić information content (AvgIpc) is 2.55. The first-order chi connectivity index (χ1) is 8.97. The molecule has 0 radical (unpaired) electrons. The number of ketones is 1. The summed E-state index contributed by atoms with van der Waals surface area (Å²) in [4.78, 5) is 14.6. The summed E-state index contributed by atoms with van der Waals surface area (Å²) in [5.74, 6) is 1.73. The minimum Gasteiger partial charge on any atom is -0.303 e. The molecule has 1 saturated heterocycles. The predicted octanol–water partition coefficient (Wildman–Crippen LogP) is 3.89. The molecule has 0 aromatic carbocycles. The maximum absolute atomic E-state index is 12.1. The molecule has 2 nitrogen and oxygen atoms in total. The summed E-state index contributed by atoms with van der Waals surface area (Å²) in [7, 11) is 0. The third-order valence-electron chi connectivity index (χ3n) is 5.22. The van der Waals surface area contributed by atoms with Gasteiger partial charge in [0, 0.05) is 18.9 Å². The van der Waals surface area contributed by atoms with Crippen LogP contribution in [0.3, 0.4) is 0 Å². The number of carbonyl (C=O) groups excluding carboxylic acids is 1. The van der Waals surface area contributed by atoms with Gasteiger partial charge in [0.1, 0.15) is 5.78 Å². The van der Waals surface area contributed by atoms with Gasteiger partial charge in [-0.15, -0.1) is 0 Å². The van der Waals surface area contributed by atoms with E-state index in [2.05, 4.69) is 25.7 Å². The molecule has 1 unspecified atom stereocenters. The second-order valence-electron chi connectivity index (χ2n) is 7.70. The summed E-state index contributed by atoms with van der Waals surface area (Å²) < 4.78 is 0. The van der Waals surface area contributed by atoms with Gasteiger partial charge in [-0.3, -0.25) is 4.79 Å². The van der Waals surface area contributed by atoms with Crippen LogP contribution in [0.4, 0.5) is 0 Å². The van der Waals surface area contributed by atoms with Crippen molar-refractivity contribution in [1.82, 2.24) is 4.90 Å². The second kappa shape index (κ2) is 6.39. The van der Waals surface area contributed by atoms with Crippen LogP contribution in [0.5, 0.6) is 0 Å². The Hall–Kier alpha value is -0.370. The summed E-state index contributed by atoms with van der Waals surface area (Å²) in [6.07, 6.45) is 8.24. The lowest BCUT2D eigenvalue weighted by Crippen LogP contribution is -2.41. The molecule has 1 heterocycles. The number of nitrogens with zero attached hydrogens (tertiary/aromatic N) is 1. The van der Waals surface area contributed by atoms with Crippen molar-refractivity contribution in [3.63, 3.8) is 0 Å². The standard InChI is InChI=1S/C17H31NO/c1-17(2,3)15-9-11-18(12-10-15)13-14-7-5-4-6-8-16(14)19/h14-15H,4-13H2,1-3H3. The van der Waals surface area contributed by atoms with Crippen LogP contribution in [-0.4, -0.2) is 30.3 Å². The van der Waals surface area contributed by atoms with Crippen molar-refractivity contribution in [3.8, 4) is 0 Å². The van der Waals surface area contributed by atoms with Crippen LogP contribution in [0.15, 0.2) is 0 Å². The summed E-state index contributed by atoms with van der Waals surface area (Å²) in [6, 6.07) is 0. The van der Waals surface area contributed by atoms with E-state index in [0.29, 0.717) is 17.1 Å². The van der Waals surface area contributed by atoms with Crippen LogP contribution in [0.25, 0.3) is 0 Å². The van der Waals surface area contributed by atoms with Gasteiger partial charge in [0.05, 0.1) is 0 Å². The van der Waals surface area contributed by atoms with E-state index in [9.17, 15) is 4.79 Å². The fraction of sp³-hybridized carbons (Fsp3) is 0.941. The van der Waals surface area contributed by atoms with E-state index in [1.54, 1.807) is 0 Å². The van der Waals surface area contributed by atoms with Gasteiger partial charge in [-0.2, -0.15) is 0 Å². The lowest BCUT2D eigenvalue weighted by atomic mass is 9.75. The number of Topliss-reactive ketones (excluding diaryl/α,β-unsaturated/α-hetero) is 1. The zero-order chi connectivity index (χ0) is 13.9. The molecule has 0 aromatic rings. The number of hydrogen-bond acceptors (Lipinski definition) is 2. The van der Waals surface area contributed by atoms with Gasteiger partial charge < -0.3 is 4.90 Å². The SMILES string of the molecule is CC(C)(C)C1CCN(CC2CCCCCC2=O)CC1. The molecule has 1 aliphatic carbocycles. The summed E-state index contributed by atoms with van der Waals surface area (Å²) in [5, 5.41) is 0. The molecular formula is C17H31NO. The van der Waals surface area contributed by atoms with Crippen molar-refractivity contribution >= 4 is 5.78 Å². The van der Waals surface area contributed by atoms with Crippen LogP contribution >= 0.6 is 0 Å². The Morgan fingerprint density at radius 1 is 1.05 bits per heavy atom. The van der Waals surface area contributed by atoms with Gasteiger partial charge in [-0.1, -0.05) is 33.6 Å². The fourth-order valence-corrected chi connectivity index (χ4v) is 3.72. The second-order valence-corrected chi connectivity index (χ2v) is 7.70. The van der Waals surface area contributed by atoms with Crippen molar-refractivity contribution in [3.05, 3.63) is 0 Å². The first-order valence-corrected chi connectivity index (χ1v) is 8.22. The van der Waals surface area contributed by atoms with Gasteiger partial charge in [-0.25, -0.2) is 0 Å². The molecular weight excluding hydrogens is 234 g/mol. The maximum atomic E-state index is 12.1. The Balaban J connectivity index is 1.80. The highest BCUT2D eigenvalue weighted by Gasteiger charge is 2.30. The number of carbonyl (C=O) groups is 1. The maximum Gasteiger partial charge on any atom is 0.137 e. The average molecular weight is 265 g/mol. The van der Waals surface area contributed by atoms with Crippen molar-refractivity contribution < 1.29 is 4.79 Å². The summed E-state index contributed by atoms with van der Waals surface area (Å²) in [5.41, 5.74) is 0.449. The molecule has 0 amide bonds. The quantitative estimate of drug-likeness (QED) is 0.706.